The Hall–Kier alpha value is -1.02. The zero-order chi connectivity index (χ0) is 10.7. The van der Waals surface area contributed by atoms with Crippen molar-refractivity contribution in [3.05, 3.63) is 29.8 Å². The lowest BCUT2D eigenvalue weighted by Crippen LogP contribution is -2.41. The van der Waals surface area contributed by atoms with Gasteiger partial charge in [-0.15, -0.1) is 0 Å². The monoisotopic (exact) mass is 205 g/mol. The second-order valence-corrected chi connectivity index (χ2v) is 4.36. The molecule has 1 aromatic carbocycles. The Kier molecular flexibility index (Phi) is 3.27. The number of nitrogens with zero attached hydrogens (tertiary/aromatic N) is 1. The Morgan fingerprint density at radius 1 is 1.27 bits per heavy atom. The average Bonchev–Trinajstić information content (AvgIpc) is 2.30. The fourth-order valence-electron chi connectivity index (χ4n) is 2.27. The van der Waals surface area contributed by atoms with Crippen LogP contribution in [0.2, 0.25) is 0 Å². The largest absolute Gasteiger partial charge is 0.394 e. The van der Waals surface area contributed by atoms with E-state index in [1.165, 1.54) is 24.1 Å². The Morgan fingerprint density at radius 3 is 2.67 bits per heavy atom. The van der Waals surface area contributed by atoms with Gasteiger partial charge in [-0.1, -0.05) is 17.7 Å². The van der Waals surface area contributed by atoms with Crippen molar-refractivity contribution >= 4 is 5.69 Å². The maximum absolute atomic E-state index is 9.34. The first kappa shape index (κ1) is 10.5. The van der Waals surface area contributed by atoms with Crippen LogP contribution in [0.25, 0.3) is 0 Å². The average molecular weight is 205 g/mol. The molecule has 82 valence electrons. The first-order chi connectivity index (χ1) is 7.31. The van der Waals surface area contributed by atoms with Crippen molar-refractivity contribution in [2.75, 3.05) is 18.1 Å². The number of piperidine rings is 1. The van der Waals surface area contributed by atoms with E-state index in [4.69, 9.17) is 0 Å². The van der Waals surface area contributed by atoms with Gasteiger partial charge in [-0.2, -0.15) is 0 Å². The molecule has 0 saturated carbocycles. The van der Waals surface area contributed by atoms with Crippen LogP contribution in [0, 0.1) is 6.92 Å². The molecule has 1 aromatic rings. The summed E-state index contributed by atoms with van der Waals surface area (Å²) in [6.45, 7) is 3.45. The number of anilines is 1. The zero-order valence-corrected chi connectivity index (χ0v) is 9.32. The third-order valence-electron chi connectivity index (χ3n) is 3.20. The maximum atomic E-state index is 9.34. The minimum Gasteiger partial charge on any atom is -0.394 e. The van der Waals surface area contributed by atoms with Crippen molar-refractivity contribution in [3.63, 3.8) is 0 Å². The Morgan fingerprint density at radius 2 is 2.00 bits per heavy atom. The standard InChI is InChI=1S/C13H19NO/c1-11-5-7-12(8-6-11)14-9-3-2-4-13(14)10-15/h5-8,13,15H,2-4,9-10H2,1H3. The molecule has 2 heteroatoms. The SMILES string of the molecule is Cc1ccc(N2CCCCC2CO)cc1. The number of aliphatic hydroxyl groups is 1. The van der Waals surface area contributed by atoms with Gasteiger partial charge in [-0.25, -0.2) is 0 Å². The highest BCUT2D eigenvalue weighted by Gasteiger charge is 2.21. The Bertz CT molecular complexity index is 307. The molecule has 2 rings (SSSR count). The van der Waals surface area contributed by atoms with E-state index in [1.807, 2.05) is 0 Å². The molecule has 0 bridgehead atoms. The lowest BCUT2D eigenvalue weighted by Gasteiger charge is -2.36. The smallest absolute Gasteiger partial charge is 0.0635 e. The van der Waals surface area contributed by atoms with Gasteiger partial charge in [0.2, 0.25) is 0 Å². The summed E-state index contributed by atoms with van der Waals surface area (Å²) in [5.41, 5.74) is 2.54. The summed E-state index contributed by atoms with van der Waals surface area (Å²) >= 11 is 0. The normalized spacial score (nSPS) is 21.7. The predicted octanol–water partition coefficient (Wildman–Crippen LogP) is 2.35. The minimum atomic E-state index is 0.272. The van der Waals surface area contributed by atoms with Gasteiger partial charge in [0.05, 0.1) is 12.6 Å². The van der Waals surface area contributed by atoms with E-state index in [2.05, 4.69) is 36.1 Å². The van der Waals surface area contributed by atoms with Crippen LogP contribution < -0.4 is 4.90 Å². The molecule has 0 spiro atoms. The van der Waals surface area contributed by atoms with Crippen molar-refractivity contribution < 1.29 is 5.11 Å². The highest BCUT2D eigenvalue weighted by molar-refractivity contribution is 5.48. The van der Waals surface area contributed by atoms with Crippen molar-refractivity contribution in [1.82, 2.24) is 0 Å². The molecule has 1 unspecified atom stereocenters. The van der Waals surface area contributed by atoms with Crippen molar-refractivity contribution in [2.45, 2.75) is 32.2 Å². The van der Waals surface area contributed by atoms with E-state index < -0.39 is 0 Å². The van der Waals surface area contributed by atoms with Crippen LogP contribution in [0.4, 0.5) is 5.69 Å². The van der Waals surface area contributed by atoms with Gasteiger partial charge in [0.25, 0.3) is 0 Å². The first-order valence-corrected chi connectivity index (χ1v) is 5.75. The Balaban J connectivity index is 2.16. The molecule has 1 saturated heterocycles. The second kappa shape index (κ2) is 4.67. The molecule has 1 N–H and O–H groups in total. The van der Waals surface area contributed by atoms with Gasteiger partial charge in [-0.3, -0.25) is 0 Å². The molecular weight excluding hydrogens is 186 g/mol. The summed E-state index contributed by atoms with van der Waals surface area (Å²) < 4.78 is 0. The summed E-state index contributed by atoms with van der Waals surface area (Å²) in [4.78, 5) is 2.34. The maximum Gasteiger partial charge on any atom is 0.0635 e. The molecular formula is C13H19NO. The summed E-state index contributed by atoms with van der Waals surface area (Å²) in [6.07, 6.45) is 3.60. The molecule has 0 radical (unpaired) electrons. The van der Waals surface area contributed by atoms with Gasteiger partial charge >= 0.3 is 0 Å². The highest BCUT2D eigenvalue weighted by Crippen LogP contribution is 2.24. The van der Waals surface area contributed by atoms with Gasteiger partial charge < -0.3 is 10.0 Å². The van der Waals surface area contributed by atoms with E-state index in [1.54, 1.807) is 0 Å². The molecule has 1 aliphatic heterocycles. The minimum absolute atomic E-state index is 0.272. The van der Waals surface area contributed by atoms with Crippen LogP contribution in [-0.4, -0.2) is 24.3 Å². The van der Waals surface area contributed by atoms with Crippen LogP contribution in [0.1, 0.15) is 24.8 Å². The summed E-state index contributed by atoms with van der Waals surface area (Å²) in [6, 6.07) is 8.91. The Labute approximate surface area is 91.5 Å². The van der Waals surface area contributed by atoms with Crippen LogP contribution in [0.5, 0.6) is 0 Å². The molecule has 1 heterocycles. The van der Waals surface area contributed by atoms with E-state index in [0.717, 1.165) is 13.0 Å². The number of aliphatic hydroxyl groups excluding tert-OH is 1. The summed E-state index contributed by atoms with van der Waals surface area (Å²) in [7, 11) is 0. The van der Waals surface area contributed by atoms with Gasteiger partial charge in [0.1, 0.15) is 0 Å². The zero-order valence-electron chi connectivity index (χ0n) is 9.32. The number of benzene rings is 1. The molecule has 1 aliphatic rings. The number of hydrogen-bond acceptors (Lipinski definition) is 2. The van der Waals surface area contributed by atoms with Crippen LogP contribution in [-0.2, 0) is 0 Å². The molecule has 2 nitrogen and oxygen atoms in total. The quantitative estimate of drug-likeness (QED) is 0.801. The molecule has 0 amide bonds. The molecule has 0 aliphatic carbocycles. The number of rotatable bonds is 2. The van der Waals surface area contributed by atoms with Gasteiger partial charge in [-0.05, 0) is 38.3 Å². The molecule has 1 fully saturated rings. The van der Waals surface area contributed by atoms with E-state index >= 15 is 0 Å². The fourth-order valence-corrected chi connectivity index (χ4v) is 2.27. The third-order valence-corrected chi connectivity index (χ3v) is 3.20. The van der Waals surface area contributed by atoms with Crippen molar-refractivity contribution in [1.29, 1.82) is 0 Å². The predicted molar refractivity (Wildman–Crippen MR) is 63.2 cm³/mol. The van der Waals surface area contributed by atoms with Crippen LogP contribution in [0.15, 0.2) is 24.3 Å². The van der Waals surface area contributed by atoms with Crippen molar-refractivity contribution in [2.24, 2.45) is 0 Å². The third kappa shape index (κ3) is 2.32. The highest BCUT2D eigenvalue weighted by atomic mass is 16.3. The van der Waals surface area contributed by atoms with Gasteiger partial charge in [0, 0.05) is 12.2 Å². The molecule has 1 atom stereocenters. The number of aryl methyl sites for hydroxylation is 1. The second-order valence-electron chi connectivity index (χ2n) is 4.36. The lowest BCUT2D eigenvalue weighted by atomic mass is 10.0. The van der Waals surface area contributed by atoms with Crippen LogP contribution in [0.3, 0.4) is 0 Å². The van der Waals surface area contributed by atoms with E-state index in [9.17, 15) is 5.11 Å². The van der Waals surface area contributed by atoms with Crippen molar-refractivity contribution in [3.8, 4) is 0 Å². The van der Waals surface area contributed by atoms with E-state index in [0.29, 0.717) is 6.04 Å². The molecule has 15 heavy (non-hydrogen) atoms. The topological polar surface area (TPSA) is 23.5 Å². The summed E-state index contributed by atoms with van der Waals surface area (Å²) in [5, 5.41) is 9.34. The lowest BCUT2D eigenvalue weighted by molar-refractivity contribution is 0.240. The molecule has 0 aromatic heterocycles. The van der Waals surface area contributed by atoms with E-state index in [-0.39, 0.29) is 6.61 Å². The first-order valence-electron chi connectivity index (χ1n) is 5.75. The summed E-state index contributed by atoms with van der Waals surface area (Å²) in [5.74, 6) is 0. The van der Waals surface area contributed by atoms with Gasteiger partial charge in [0.15, 0.2) is 0 Å². The fraction of sp³-hybridized carbons (Fsp3) is 0.538. The number of hydrogen-bond donors (Lipinski definition) is 1. The van der Waals surface area contributed by atoms with Crippen LogP contribution >= 0.6 is 0 Å².